The zero-order chi connectivity index (χ0) is 20.3. The molecule has 0 radical (unpaired) electrons. The second-order valence-electron chi connectivity index (χ2n) is 6.11. The van der Waals surface area contributed by atoms with Gasteiger partial charge in [-0.15, -0.1) is 0 Å². The van der Waals surface area contributed by atoms with Crippen LogP contribution in [0.2, 0.25) is 0 Å². The highest BCUT2D eigenvalue weighted by molar-refractivity contribution is 14.1. The number of hydrogen-bond acceptors (Lipinski definition) is 7. The zero-order valence-corrected chi connectivity index (χ0v) is 16.6. The summed E-state index contributed by atoms with van der Waals surface area (Å²) in [4.78, 5) is 37.5. The quantitative estimate of drug-likeness (QED) is 0.410. The van der Waals surface area contributed by atoms with Gasteiger partial charge in [0.25, 0.3) is 5.56 Å². The molecule has 0 bridgehead atoms. The predicted molar refractivity (Wildman–Crippen MR) is 105 cm³/mol. The summed E-state index contributed by atoms with van der Waals surface area (Å²) in [5, 5.41) is 22.2. The van der Waals surface area contributed by atoms with Gasteiger partial charge in [0.1, 0.15) is 12.2 Å². The molecule has 2 aromatic rings. The molecule has 2 heterocycles. The Morgan fingerprint density at radius 3 is 2.64 bits per heavy atom. The van der Waals surface area contributed by atoms with Gasteiger partial charge in [0.05, 0.1) is 6.61 Å². The van der Waals surface area contributed by atoms with Crippen LogP contribution in [0.4, 0.5) is 4.79 Å². The first kappa shape index (κ1) is 20.5. The summed E-state index contributed by atoms with van der Waals surface area (Å²) in [6, 6.07) is 8.57. The standard InChI is InChI=1S/C17H18IN3O7/c18-10-3-1-9(2-4-10)7-19-17(26)28-14-13(24)11(8-22)27-15(14)21-6-5-12(23)20-16(21)25/h1-6,11,13-15,22,24H,7-8H2,(H,19,26)(H,20,23,25)/t11-,13-,14-,15-/m1/s1. The SMILES string of the molecule is O=C(NCc1ccc(I)cc1)O[C@@H]1[C@H](O)[C@@H](CO)O[C@H]1n1ccc(=O)[nH]c1=O. The highest BCUT2D eigenvalue weighted by Gasteiger charge is 2.47. The Bertz CT molecular complexity index is 943. The third-order valence-corrected chi connectivity index (χ3v) is 4.93. The summed E-state index contributed by atoms with van der Waals surface area (Å²) in [5.41, 5.74) is -0.551. The van der Waals surface area contributed by atoms with Crippen molar-refractivity contribution < 1.29 is 24.5 Å². The molecule has 1 aromatic carbocycles. The van der Waals surface area contributed by atoms with E-state index in [0.29, 0.717) is 0 Å². The molecule has 3 rings (SSSR count). The second kappa shape index (κ2) is 8.86. The van der Waals surface area contributed by atoms with Crippen molar-refractivity contribution in [1.82, 2.24) is 14.9 Å². The summed E-state index contributed by atoms with van der Waals surface area (Å²) in [7, 11) is 0. The number of benzene rings is 1. The van der Waals surface area contributed by atoms with E-state index in [2.05, 4.69) is 32.9 Å². The lowest BCUT2D eigenvalue weighted by atomic mass is 10.1. The van der Waals surface area contributed by atoms with Gasteiger partial charge in [0, 0.05) is 22.4 Å². The van der Waals surface area contributed by atoms with Crippen molar-refractivity contribution in [3.8, 4) is 0 Å². The molecule has 10 nitrogen and oxygen atoms in total. The minimum absolute atomic E-state index is 0.201. The lowest BCUT2D eigenvalue weighted by Gasteiger charge is -2.22. The molecule has 0 spiro atoms. The highest BCUT2D eigenvalue weighted by atomic mass is 127. The number of H-pyrrole nitrogens is 1. The van der Waals surface area contributed by atoms with Gasteiger partial charge < -0.3 is 25.0 Å². The van der Waals surface area contributed by atoms with E-state index in [1.54, 1.807) is 0 Å². The van der Waals surface area contributed by atoms with Crippen molar-refractivity contribution in [3.05, 3.63) is 66.5 Å². The Labute approximate surface area is 172 Å². The molecule has 1 aliphatic heterocycles. The summed E-state index contributed by atoms with van der Waals surface area (Å²) >= 11 is 2.17. The van der Waals surface area contributed by atoms with E-state index < -0.39 is 48.5 Å². The fourth-order valence-corrected chi connectivity index (χ4v) is 3.15. The summed E-state index contributed by atoms with van der Waals surface area (Å²) in [6.07, 6.45) is -4.56. The number of rotatable bonds is 5. The van der Waals surface area contributed by atoms with Crippen LogP contribution in [0, 0.1) is 3.57 Å². The molecule has 1 amide bonds. The normalized spacial score (nSPS) is 24.1. The Morgan fingerprint density at radius 2 is 2.00 bits per heavy atom. The topological polar surface area (TPSA) is 143 Å². The average molecular weight is 503 g/mol. The van der Waals surface area contributed by atoms with Gasteiger partial charge in [0.15, 0.2) is 12.3 Å². The first-order valence-corrected chi connectivity index (χ1v) is 9.41. The smallest absolute Gasteiger partial charge is 0.407 e. The molecule has 0 saturated carbocycles. The van der Waals surface area contributed by atoms with Crippen LogP contribution in [-0.4, -0.2) is 50.8 Å². The van der Waals surface area contributed by atoms with Crippen LogP contribution in [0.15, 0.2) is 46.1 Å². The van der Waals surface area contributed by atoms with Gasteiger partial charge >= 0.3 is 11.8 Å². The molecule has 28 heavy (non-hydrogen) atoms. The number of halogens is 1. The largest absolute Gasteiger partial charge is 0.438 e. The first-order valence-electron chi connectivity index (χ1n) is 8.34. The minimum Gasteiger partial charge on any atom is -0.438 e. The minimum atomic E-state index is -1.36. The number of nitrogens with one attached hydrogen (secondary N) is 2. The first-order chi connectivity index (χ1) is 13.4. The van der Waals surface area contributed by atoms with E-state index in [0.717, 1.165) is 26.0 Å². The number of hydrogen-bond donors (Lipinski definition) is 4. The third-order valence-electron chi connectivity index (χ3n) is 4.21. The summed E-state index contributed by atoms with van der Waals surface area (Å²) in [5.74, 6) is 0. The molecule has 1 saturated heterocycles. The molecule has 1 fully saturated rings. The number of carbonyl (C=O) groups is 1. The van der Waals surface area contributed by atoms with Crippen LogP contribution in [0.1, 0.15) is 11.8 Å². The molecule has 0 unspecified atom stereocenters. The Balaban J connectivity index is 1.72. The molecule has 11 heteroatoms. The molecule has 4 atom stereocenters. The number of nitrogens with zero attached hydrogens (tertiary/aromatic N) is 1. The molecule has 0 aliphatic carbocycles. The maximum Gasteiger partial charge on any atom is 0.407 e. The Hall–Kier alpha value is -2.22. The van der Waals surface area contributed by atoms with Crippen LogP contribution in [-0.2, 0) is 16.0 Å². The predicted octanol–water partition coefficient (Wildman–Crippen LogP) is -0.313. The van der Waals surface area contributed by atoms with E-state index in [4.69, 9.17) is 9.47 Å². The molecule has 1 aliphatic rings. The average Bonchev–Trinajstić information content (AvgIpc) is 2.97. The molecular weight excluding hydrogens is 485 g/mol. The second-order valence-corrected chi connectivity index (χ2v) is 7.35. The Morgan fingerprint density at radius 1 is 1.29 bits per heavy atom. The monoisotopic (exact) mass is 503 g/mol. The molecule has 1 aromatic heterocycles. The van der Waals surface area contributed by atoms with E-state index >= 15 is 0 Å². The van der Waals surface area contributed by atoms with Crippen LogP contribution in [0.3, 0.4) is 0 Å². The van der Waals surface area contributed by atoms with Crippen LogP contribution in [0.5, 0.6) is 0 Å². The fourth-order valence-electron chi connectivity index (χ4n) is 2.79. The van der Waals surface area contributed by atoms with Crippen LogP contribution >= 0.6 is 22.6 Å². The molecule has 150 valence electrons. The molecule has 4 N–H and O–H groups in total. The van der Waals surface area contributed by atoms with Crippen molar-refractivity contribution in [2.24, 2.45) is 0 Å². The van der Waals surface area contributed by atoms with Gasteiger partial charge in [-0.2, -0.15) is 0 Å². The zero-order valence-electron chi connectivity index (χ0n) is 14.4. The van der Waals surface area contributed by atoms with E-state index in [1.165, 1.54) is 0 Å². The maximum atomic E-state index is 12.2. The van der Waals surface area contributed by atoms with Crippen molar-refractivity contribution in [1.29, 1.82) is 0 Å². The van der Waals surface area contributed by atoms with Crippen molar-refractivity contribution in [3.63, 3.8) is 0 Å². The number of aliphatic hydroxyl groups is 2. The fraction of sp³-hybridized carbons (Fsp3) is 0.353. The maximum absolute atomic E-state index is 12.2. The van der Waals surface area contributed by atoms with Gasteiger partial charge in [-0.25, -0.2) is 9.59 Å². The van der Waals surface area contributed by atoms with Gasteiger partial charge in [-0.1, -0.05) is 12.1 Å². The van der Waals surface area contributed by atoms with Gasteiger partial charge in [-0.3, -0.25) is 14.3 Å². The Kier molecular flexibility index (Phi) is 6.49. The van der Waals surface area contributed by atoms with E-state index in [-0.39, 0.29) is 6.54 Å². The number of carbonyl (C=O) groups excluding carboxylic acids is 1. The van der Waals surface area contributed by atoms with Gasteiger partial charge in [0.2, 0.25) is 0 Å². The number of aromatic nitrogens is 2. The van der Waals surface area contributed by atoms with Gasteiger partial charge in [-0.05, 0) is 40.3 Å². The third kappa shape index (κ3) is 4.60. The van der Waals surface area contributed by atoms with Crippen molar-refractivity contribution >= 4 is 28.7 Å². The number of amides is 1. The van der Waals surface area contributed by atoms with Crippen LogP contribution in [0.25, 0.3) is 0 Å². The lowest BCUT2D eigenvalue weighted by Crippen LogP contribution is -2.42. The summed E-state index contributed by atoms with van der Waals surface area (Å²) < 4.78 is 12.8. The van der Waals surface area contributed by atoms with E-state index in [9.17, 15) is 24.6 Å². The van der Waals surface area contributed by atoms with Crippen molar-refractivity contribution in [2.45, 2.75) is 31.1 Å². The highest BCUT2D eigenvalue weighted by Crippen LogP contribution is 2.30. The number of aliphatic hydroxyl groups excluding tert-OH is 2. The molecular formula is C17H18IN3O7. The number of aromatic amines is 1. The number of ether oxygens (including phenoxy) is 2. The summed E-state index contributed by atoms with van der Waals surface area (Å²) in [6.45, 7) is -0.341. The lowest BCUT2D eigenvalue weighted by molar-refractivity contribution is -0.0569. The van der Waals surface area contributed by atoms with E-state index in [1.807, 2.05) is 24.3 Å². The van der Waals surface area contributed by atoms with Crippen LogP contribution < -0.4 is 16.6 Å². The van der Waals surface area contributed by atoms with Crippen molar-refractivity contribution in [2.75, 3.05) is 6.61 Å². The number of alkyl carbamates (subject to hydrolysis) is 1.